The van der Waals surface area contributed by atoms with Crippen LogP contribution in [-0.4, -0.2) is 50.1 Å². The van der Waals surface area contributed by atoms with E-state index >= 15 is 0 Å². The molecule has 1 aliphatic heterocycles. The molecule has 1 fully saturated rings. The van der Waals surface area contributed by atoms with Crippen LogP contribution in [0, 0.1) is 5.92 Å². The molecule has 0 aliphatic carbocycles. The number of nitrogens with one attached hydrogen (secondary N) is 1. The average molecular weight is 324 g/mol. The van der Waals surface area contributed by atoms with Gasteiger partial charge in [0.05, 0.1) is 0 Å². The first-order chi connectivity index (χ1) is 10.5. The molecule has 0 radical (unpaired) electrons. The van der Waals surface area contributed by atoms with Gasteiger partial charge in [-0.2, -0.15) is 0 Å². The summed E-state index contributed by atoms with van der Waals surface area (Å²) in [5.74, 6) is 0.663. The normalized spacial score (nSPS) is 16.1. The summed E-state index contributed by atoms with van der Waals surface area (Å²) in [5.41, 5.74) is 1.18. The molecule has 5 heteroatoms. The first kappa shape index (κ1) is 17.1. The minimum atomic E-state index is 0.158. The fraction of sp³-hybridized carbons (Fsp3) is 0.588. The second kappa shape index (κ2) is 8.39. The molecule has 1 heterocycles. The lowest BCUT2D eigenvalue weighted by Crippen LogP contribution is -2.47. The summed E-state index contributed by atoms with van der Waals surface area (Å²) in [6.07, 6.45) is 0.587. The summed E-state index contributed by atoms with van der Waals surface area (Å²) in [7, 11) is 0. The highest BCUT2D eigenvalue weighted by molar-refractivity contribution is 6.30. The van der Waals surface area contributed by atoms with E-state index in [1.165, 1.54) is 5.69 Å². The monoisotopic (exact) mass is 323 g/mol. The molecule has 0 unspecified atom stereocenters. The number of nitrogens with zero attached hydrogens (tertiary/aromatic N) is 2. The van der Waals surface area contributed by atoms with Crippen LogP contribution < -0.4 is 10.2 Å². The minimum absolute atomic E-state index is 0.158. The maximum absolute atomic E-state index is 11.8. The molecule has 1 aliphatic rings. The van der Waals surface area contributed by atoms with E-state index in [4.69, 9.17) is 11.6 Å². The lowest BCUT2D eigenvalue weighted by atomic mass is 10.2. The Balaban J connectivity index is 1.70. The van der Waals surface area contributed by atoms with Crippen LogP contribution in [0.4, 0.5) is 5.69 Å². The molecule has 22 heavy (non-hydrogen) atoms. The van der Waals surface area contributed by atoms with E-state index in [0.29, 0.717) is 12.3 Å². The van der Waals surface area contributed by atoms with Crippen molar-refractivity contribution in [2.45, 2.75) is 20.3 Å². The average Bonchev–Trinajstić information content (AvgIpc) is 2.51. The number of anilines is 1. The fourth-order valence-corrected chi connectivity index (χ4v) is 2.75. The van der Waals surface area contributed by atoms with Crippen molar-refractivity contribution < 1.29 is 4.79 Å². The number of hydrogen-bond donors (Lipinski definition) is 1. The van der Waals surface area contributed by atoms with Crippen LogP contribution in [0.1, 0.15) is 20.3 Å². The van der Waals surface area contributed by atoms with Crippen LogP contribution in [0.3, 0.4) is 0 Å². The number of piperazine rings is 1. The Kier molecular flexibility index (Phi) is 6.52. The van der Waals surface area contributed by atoms with E-state index in [2.05, 4.69) is 35.0 Å². The van der Waals surface area contributed by atoms with Crippen LogP contribution in [-0.2, 0) is 4.79 Å². The highest BCUT2D eigenvalue weighted by atomic mass is 35.5. The predicted molar refractivity (Wildman–Crippen MR) is 92.6 cm³/mol. The molecular weight excluding hydrogens is 298 g/mol. The zero-order chi connectivity index (χ0) is 15.9. The van der Waals surface area contributed by atoms with Crippen LogP contribution >= 0.6 is 11.6 Å². The molecule has 0 aromatic heterocycles. The topological polar surface area (TPSA) is 35.6 Å². The zero-order valence-electron chi connectivity index (χ0n) is 13.5. The van der Waals surface area contributed by atoms with Gasteiger partial charge in [0.1, 0.15) is 0 Å². The van der Waals surface area contributed by atoms with Gasteiger partial charge in [-0.3, -0.25) is 9.69 Å². The van der Waals surface area contributed by atoms with Gasteiger partial charge in [0, 0.05) is 56.4 Å². The van der Waals surface area contributed by atoms with Crippen molar-refractivity contribution >= 4 is 23.2 Å². The molecule has 0 atom stereocenters. The van der Waals surface area contributed by atoms with E-state index < -0.39 is 0 Å². The lowest BCUT2D eigenvalue weighted by molar-refractivity contribution is -0.121. The molecule has 1 amide bonds. The molecule has 1 saturated heterocycles. The molecule has 1 aromatic carbocycles. The Bertz CT molecular complexity index is 485. The van der Waals surface area contributed by atoms with Gasteiger partial charge < -0.3 is 10.2 Å². The van der Waals surface area contributed by atoms with Gasteiger partial charge in [0.2, 0.25) is 5.91 Å². The molecule has 2 rings (SSSR count). The third kappa shape index (κ3) is 5.50. The number of carbonyl (C=O) groups is 1. The van der Waals surface area contributed by atoms with E-state index in [1.54, 1.807) is 0 Å². The summed E-state index contributed by atoms with van der Waals surface area (Å²) >= 11 is 6.05. The van der Waals surface area contributed by atoms with Crippen molar-refractivity contribution in [3.8, 4) is 0 Å². The summed E-state index contributed by atoms with van der Waals surface area (Å²) < 4.78 is 0. The Labute approximate surface area is 138 Å². The van der Waals surface area contributed by atoms with Gasteiger partial charge >= 0.3 is 0 Å². The maximum atomic E-state index is 11.8. The van der Waals surface area contributed by atoms with Gasteiger partial charge in [-0.1, -0.05) is 31.5 Å². The standard InChI is InChI=1S/C17H26ClN3O/c1-14(2)13-19-17(22)6-7-20-8-10-21(11-9-20)16-5-3-4-15(18)12-16/h3-5,12,14H,6-11,13H2,1-2H3,(H,19,22). The number of amides is 1. The molecule has 4 nitrogen and oxygen atoms in total. The van der Waals surface area contributed by atoms with Crippen molar-refractivity contribution in [1.82, 2.24) is 10.2 Å². The SMILES string of the molecule is CC(C)CNC(=O)CCN1CCN(c2cccc(Cl)c2)CC1. The van der Waals surface area contributed by atoms with Gasteiger partial charge in [0.25, 0.3) is 0 Å². The second-order valence-corrected chi connectivity index (χ2v) is 6.69. The first-order valence-corrected chi connectivity index (χ1v) is 8.42. The Hall–Kier alpha value is -1.26. The third-order valence-corrected chi connectivity index (χ3v) is 4.14. The summed E-state index contributed by atoms with van der Waals surface area (Å²) in [6.45, 7) is 9.76. The van der Waals surface area contributed by atoms with E-state index in [1.807, 2.05) is 18.2 Å². The molecule has 1 aromatic rings. The zero-order valence-corrected chi connectivity index (χ0v) is 14.3. The van der Waals surface area contributed by atoms with Gasteiger partial charge in [-0.15, -0.1) is 0 Å². The van der Waals surface area contributed by atoms with Crippen LogP contribution in [0.25, 0.3) is 0 Å². The summed E-state index contributed by atoms with van der Waals surface area (Å²) in [5, 5.41) is 3.75. The number of hydrogen-bond acceptors (Lipinski definition) is 3. The van der Waals surface area contributed by atoms with E-state index in [0.717, 1.165) is 44.3 Å². The van der Waals surface area contributed by atoms with Crippen molar-refractivity contribution in [3.05, 3.63) is 29.3 Å². The van der Waals surface area contributed by atoms with Crippen LogP contribution in [0.5, 0.6) is 0 Å². The fourth-order valence-electron chi connectivity index (χ4n) is 2.57. The van der Waals surface area contributed by atoms with E-state index in [9.17, 15) is 4.79 Å². The Morgan fingerprint density at radius 2 is 2.00 bits per heavy atom. The maximum Gasteiger partial charge on any atom is 0.221 e. The highest BCUT2D eigenvalue weighted by Gasteiger charge is 2.17. The quantitative estimate of drug-likeness (QED) is 0.874. The molecule has 0 spiro atoms. The van der Waals surface area contributed by atoms with Crippen molar-refractivity contribution in [1.29, 1.82) is 0 Å². The second-order valence-electron chi connectivity index (χ2n) is 6.26. The predicted octanol–water partition coefficient (Wildman–Crippen LogP) is 2.62. The minimum Gasteiger partial charge on any atom is -0.369 e. The molecule has 0 saturated carbocycles. The lowest BCUT2D eigenvalue weighted by Gasteiger charge is -2.36. The van der Waals surface area contributed by atoms with Crippen molar-refractivity contribution in [2.75, 3.05) is 44.2 Å². The summed E-state index contributed by atoms with van der Waals surface area (Å²) in [4.78, 5) is 16.5. The largest absolute Gasteiger partial charge is 0.369 e. The van der Waals surface area contributed by atoms with Crippen LogP contribution in [0.2, 0.25) is 5.02 Å². The molecule has 1 N–H and O–H groups in total. The van der Waals surface area contributed by atoms with Gasteiger partial charge in [-0.05, 0) is 24.1 Å². The van der Waals surface area contributed by atoms with Crippen molar-refractivity contribution in [3.63, 3.8) is 0 Å². The number of benzene rings is 1. The Morgan fingerprint density at radius 1 is 1.27 bits per heavy atom. The highest BCUT2D eigenvalue weighted by Crippen LogP contribution is 2.20. The number of carbonyl (C=O) groups excluding carboxylic acids is 1. The molecule has 122 valence electrons. The van der Waals surface area contributed by atoms with E-state index in [-0.39, 0.29) is 5.91 Å². The van der Waals surface area contributed by atoms with Gasteiger partial charge in [-0.25, -0.2) is 0 Å². The number of halogens is 1. The number of rotatable bonds is 6. The molecular formula is C17H26ClN3O. The first-order valence-electron chi connectivity index (χ1n) is 8.04. The molecule has 0 bridgehead atoms. The summed E-state index contributed by atoms with van der Waals surface area (Å²) in [6, 6.07) is 8.00. The van der Waals surface area contributed by atoms with Crippen molar-refractivity contribution in [2.24, 2.45) is 5.92 Å². The van der Waals surface area contributed by atoms with Crippen LogP contribution in [0.15, 0.2) is 24.3 Å². The Morgan fingerprint density at radius 3 is 2.64 bits per heavy atom. The van der Waals surface area contributed by atoms with Gasteiger partial charge in [0.15, 0.2) is 0 Å². The smallest absolute Gasteiger partial charge is 0.221 e. The third-order valence-electron chi connectivity index (χ3n) is 3.91.